The highest BCUT2D eigenvalue weighted by Gasteiger charge is 2.01. The summed E-state index contributed by atoms with van der Waals surface area (Å²) in [6.45, 7) is 1.35. The smallest absolute Gasteiger partial charge is 0.138 e. The summed E-state index contributed by atoms with van der Waals surface area (Å²) < 4.78 is 0.983. The second-order valence-corrected chi connectivity index (χ2v) is 4.59. The Morgan fingerprint density at radius 3 is 2.94 bits per heavy atom. The molecule has 0 aliphatic carbocycles. The lowest BCUT2D eigenvalue weighted by Crippen LogP contribution is -2.14. The molecule has 0 fully saturated rings. The molecule has 0 bridgehead atoms. The van der Waals surface area contributed by atoms with Crippen LogP contribution in [0.4, 0.5) is 0 Å². The van der Waals surface area contributed by atoms with Gasteiger partial charge in [0.2, 0.25) is 0 Å². The first kappa shape index (κ1) is 11.6. The van der Waals surface area contributed by atoms with Crippen molar-refractivity contribution in [2.45, 2.75) is 13.1 Å². The molecule has 0 saturated heterocycles. The van der Waals surface area contributed by atoms with Crippen molar-refractivity contribution < 1.29 is 0 Å². The molecule has 6 heteroatoms. The summed E-state index contributed by atoms with van der Waals surface area (Å²) in [6.07, 6.45) is 1.49. The summed E-state index contributed by atoms with van der Waals surface area (Å²) in [5.74, 6) is 0.813. The molecule has 0 spiro atoms. The summed E-state index contributed by atoms with van der Waals surface area (Å²) >= 11 is 9.45. The lowest BCUT2D eigenvalue weighted by molar-refractivity contribution is 0.665. The lowest BCUT2D eigenvalue weighted by Gasteiger charge is -2.05. The van der Waals surface area contributed by atoms with Crippen LogP contribution < -0.4 is 5.32 Å². The standard InChI is InChI=1S/C10H10BrClN4/c11-8-2-1-7(9(12)3-8)4-13-5-10-14-6-15-16-10/h1-3,6,13H,4-5H2,(H,14,15,16). The van der Waals surface area contributed by atoms with Crippen molar-refractivity contribution in [2.75, 3.05) is 0 Å². The number of hydrogen-bond donors (Lipinski definition) is 2. The molecule has 4 nitrogen and oxygen atoms in total. The summed E-state index contributed by atoms with van der Waals surface area (Å²) in [6, 6.07) is 5.84. The second kappa shape index (κ2) is 5.43. The van der Waals surface area contributed by atoms with Gasteiger partial charge < -0.3 is 5.32 Å². The summed E-state index contributed by atoms with van der Waals surface area (Å²) in [5.41, 5.74) is 1.06. The minimum atomic E-state index is 0.645. The monoisotopic (exact) mass is 300 g/mol. The van der Waals surface area contributed by atoms with E-state index in [-0.39, 0.29) is 0 Å². The molecule has 1 aromatic carbocycles. The highest BCUT2D eigenvalue weighted by molar-refractivity contribution is 9.10. The van der Waals surface area contributed by atoms with Gasteiger partial charge in [-0.1, -0.05) is 33.6 Å². The molecule has 84 valence electrons. The van der Waals surface area contributed by atoms with E-state index < -0.39 is 0 Å². The molecule has 0 radical (unpaired) electrons. The Bertz CT molecular complexity index is 458. The normalized spacial score (nSPS) is 10.6. The van der Waals surface area contributed by atoms with Crippen molar-refractivity contribution in [1.82, 2.24) is 20.5 Å². The van der Waals surface area contributed by atoms with E-state index in [1.165, 1.54) is 6.33 Å². The minimum absolute atomic E-state index is 0.645. The van der Waals surface area contributed by atoms with Crippen LogP contribution in [0.3, 0.4) is 0 Å². The number of hydrogen-bond acceptors (Lipinski definition) is 3. The van der Waals surface area contributed by atoms with E-state index >= 15 is 0 Å². The van der Waals surface area contributed by atoms with Gasteiger partial charge in [0.1, 0.15) is 12.2 Å². The van der Waals surface area contributed by atoms with Crippen LogP contribution in [0.2, 0.25) is 5.02 Å². The number of benzene rings is 1. The average molecular weight is 302 g/mol. The van der Waals surface area contributed by atoms with Gasteiger partial charge in [-0.2, -0.15) is 5.10 Å². The van der Waals surface area contributed by atoms with E-state index in [1.807, 2.05) is 18.2 Å². The number of rotatable bonds is 4. The third kappa shape index (κ3) is 3.04. The van der Waals surface area contributed by atoms with Gasteiger partial charge in [-0.15, -0.1) is 0 Å². The molecule has 0 amide bonds. The fraction of sp³-hybridized carbons (Fsp3) is 0.200. The first-order chi connectivity index (χ1) is 7.75. The zero-order chi connectivity index (χ0) is 11.4. The summed E-state index contributed by atoms with van der Waals surface area (Å²) in [5, 5.41) is 10.5. The Morgan fingerprint density at radius 2 is 2.25 bits per heavy atom. The van der Waals surface area contributed by atoms with Gasteiger partial charge in [0.25, 0.3) is 0 Å². The lowest BCUT2D eigenvalue weighted by atomic mass is 10.2. The molecule has 16 heavy (non-hydrogen) atoms. The van der Waals surface area contributed by atoms with Crippen LogP contribution in [-0.2, 0) is 13.1 Å². The van der Waals surface area contributed by atoms with Crippen molar-refractivity contribution in [1.29, 1.82) is 0 Å². The number of nitrogens with zero attached hydrogens (tertiary/aromatic N) is 2. The molecule has 1 heterocycles. The Morgan fingerprint density at radius 1 is 1.38 bits per heavy atom. The van der Waals surface area contributed by atoms with Gasteiger partial charge in [-0.3, -0.25) is 5.10 Å². The Balaban J connectivity index is 1.90. The van der Waals surface area contributed by atoms with Crippen LogP contribution in [0.1, 0.15) is 11.4 Å². The maximum absolute atomic E-state index is 6.08. The van der Waals surface area contributed by atoms with E-state index in [9.17, 15) is 0 Å². The van der Waals surface area contributed by atoms with Crippen molar-refractivity contribution in [3.05, 3.63) is 45.4 Å². The zero-order valence-corrected chi connectivity index (χ0v) is 10.7. The van der Waals surface area contributed by atoms with Crippen LogP contribution >= 0.6 is 27.5 Å². The molecule has 0 aliphatic rings. The molecule has 2 aromatic rings. The predicted molar refractivity (Wildman–Crippen MR) is 66.1 cm³/mol. The molecule has 2 rings (SSSR count). The van der Waals surface area contributed by atoms with Gasteiger partial charge in [-0.05, 0) is 17.7 Å². The van der Waals surface area contributed by atoms with Crippen molar-refractivity contribution in [3.8, 4) is 0 Å². The Kier molecular flexibility index (Phi) is 3.93. The van der Waals surface area contributed by atoms with Gasteiger partial charge in [0.05, 0.1) is 6.54 Å². The molecular formula is C10H10BrClN4. The first-order valence-electron chi connectivity index (χ1n) is 4.74. The quantitative estimate of drug-likeness (QED) is 0.912. The van der Waals surface area contributed by atoms with Gasteiger partial charge >= 0.3 is 0 Å². The number of H-pyrrole nitrogens is 1. The van der Waals surface area contributed by atoms with E-state index in [4.69, 9.17) is 11.6 Å². The third-order valence-corrected chi connectivity index (χ3v) is 2.93. The van der Waals surface area contributed by atoms with Crippen LogP contribution in [0.25, 0.3) is 0 Å². The molecule has 1 aromatic heterocycles. The first-order valence-corrected chi connectivity index (χ1v) is 5.91. The van der Waals surface area contributed by atoms with E-state index in [1.54, 1.807) is 0 Å². The van der Waals surface area contributed by atoms with Crippen molar-refractivity contribution in [3.63, 3.8) is 0 Å². The Hall–Kier alpha value is -0.910. The molecule has 0 atom stereocenters. The summed E-state index contributed by atoms with van der Waals surface area (Å²) in [7, 11) is 0. The summed E-state index contributed by atoms with van der Waals surface area (Å²) in [4.78, 5) is 4.01. The average Bonchev–Trinajstić information content (AvgIpc) is 2.74. The zero-order valence-electron chi connectivity index (χ0n) is 8.37. The highest BCUT2D eigenvalue weighted by atomic mass is 79.9. The fourth-order valence-corrected chi connectivity index (χ4v) is 2.04. The van der Waals surface area contributed by atoms with Crippen molar-refractivity contribution >= 4 is 27.5 Å². The SMILES string of the molecule is Clc1cc(Br)ccc1CNCc1ncn[nH]1. The van der Waals surface area contributed by atoms with E-state index in [2.05, 4.69) is 36.4 Å². The van der Waals surface area contributed by atoms with Gasteiger partial charge in [0, 0.05) is 16.0 Å². The third-order valence-electron chi connectivity index (χ3n) is 2.09. The maximum atomic E-state index is 6.08. The second-order valence-electron chi connectivity index (χ2n) is 3.27. The largest absolute Gasteiger partial charge is 0.306 e. The Labute approximate surface area is 107 Å². The molecular weight excluding hydrogens is 291 g/mol. The maximum Gasteiger partial charge on any atom is 0.138 e. The van der Waals surface area contributed by atoms with Gasteiger partial charge in [-0.25, -0.2) is 4.98 Å². The molecule has 2 N–H and O–H groups in total. The number of nitrogens with one attached hydrogen (secondary N) is 2. The highest BCUT2D eigenvalue weighted by Crippen LogP contribution is 2.21. The van der Waals surface area contributed by atoms with Crippen LogP contribution in [0.5, 0.6) is 0 Å². The fourth-order valence-electron chi connectivity index (χ4n) is 1.30. The van der Waals surface area contributed by atoms with Crippen molar-refractivity contribution in [2.24, 2.45) is 0 Å². The van der Waals surface area contributed by atoms with E-state index in [0.717, 1.165) is 20.9 Å². The van der Waals surface area contributed by atoms with Crippen LogP contribution in [0.15, 0.2) is 29.0 Å². The number of aromatic nitrogens is 3. The molecule has 0 saturated carbocycles. The molecule has 0 unspecified atom stereocenters. The van der Waals surface area contributed by atoms with Crippen LogP contribution in [-0.4, -0.2) is 15.2 Å². The minimum Gasteiger partial charge on any atom is -0.306 e. The topological polar surface area (TPSA) is 53.6 Å². The molecule has 0 aliphatic heterocycles. The predicted octanol–water partition coefficient (Wildman–Crippen LogP) is 2.51. The number of halogens is 2. The van der Waals surface area contributed by atoms with E-state index in [0.29, 0.717) is 13.1 Å². The van der Waals surface area contributed by atoms with Crippen LogP contribution in [0, 0.1) is 0 Å². The van der Waals surface area contributed by atoms with Gasteiger partial charge in [0.15, 0.2) is 0 Å². The number of aromatic amines is 1.